The van der Waals surface area contributed by atoms with E-state index < -0.39 is 10.0 Å². The van der Waals surface area contributed by atoms with E-state index >= 15 is 0 Å². The predicted molar refractivity (Wildman–Crippen MR) is 105 cm³/mol. The van der Waals surface area contributed by atoms with Crippen molar-refractivity contribution in [3.63, 3.8) is 0 Å². The lowest BCUT2D eigenvalue weighted by atomic mass is 10.1. The van der Waals surface area contributed by atoms with Gasteiger partial charge in [0.15, 0.2) is 0 Å². The summed E-state index contributed by atoms with van der Waals surface area (Å²) >= 11 is 6.16. The van der Waals surface area contributed by atoms with E-state index in [4.69, 9.17) is 16.3 Å². The Balaban J connectivity index is 1.62. The fourth-order valence-corrected chi connectivity index (χ4v) is 5.46. The molecule has 0 spiro atoms. The third-order valence-corrected chi connectivity index (χ3v) is 7.02. The number of ether oxygens (including phenoxy) is 1. The molecule has 2 aromatic rings. The van der Waals surface area contributed by atoms with Gasteiger partial charge < -0.3 is 9.64 Å². The molecule has 4 rings (SSSR count). The van der Waals surface area contributed by atoms with Gasteiger partial charge in [0.05, 0.1) is 24.7 Å². The van der Waals surface area contributed by atoms with Gasteiger partial charge in [-0.3, -0.25) is 4.31 Å². The Labute approximate surface area is 159 Å². The number of hydrogen-bond acceptors (Lipinski definition) is 4. The van der Waals surface area contributed by atoms with E-state index in [9.17, 15) is 8.42 Å². The SMILES string of the molecule is O=S(=O)(Cc1ccccc1Cl)N1CCc2ccc(N3CCOCC3)cc21. The Bertz CT molecular complexity index is 911. The second-order valence-electron chi connectivity index (χ2n) is 6.58. The first-order chi connectivity index (χ1) is 12.5. The van der Waals surface area contributed by atoms with Crippen molar-refractivity contribution in [2.75, 3.05) is 42.1 Å². The lowest BCUT2D eigenvalue weighted by molar-refractivity contribution is 0.122. The average molecular weight is 393 g/mol. The van der Waals surface area contributed by atoms with Crippen LogP contribution in [0, 0.1) is 0 Å². The highest BCUT2D eigenvalue weighted by Crippen LogP contribution is 2.35. The maximum atomic E-state index is 13.0. The van der Waals surface area contributed by atoms with E-state index in [0.29, 0.717) is 30.3 Å². The summed E-state index contributed by atoms with van der Waals surface area (Å²) in [5.41, 5.74) is 3.55. The Hall–Kier alpha value is -1.76. The van der Waals surface area contributed by atoms with E-state index in [-0.39, 0.29) is 5.75 Å². The molecular formula is C19H21ClN2O3S. The van der Waals surface area contributed by atoms with Crippen LogP contribution >= 0.6 is 11.6 Å². The molecule has 1 saturated heterocycles. The third kappa shape index (κ3) is 3.41. The van der Waals surface area contributed by atoms with Crippen molar-refractivity contribution in [2.45, 2.75) is 12.2 Å². The summed E-state index contributed by atoms with van der Waals surface area (Å²) in [6.07, 6.45) is 0.737. The van der Waals surface area contributed by atoms with Crippen molar-refractivity contribution in [2.24, 2.45) is 0 Å². The minimum absolute atomic E-state index is 0.0894. The molecule has 2 aromatic carbocycles. The topological polar surface area (TPSA) is 49.9 Å². The van der Waals surface area contributed by atoms with Gasteiger partial charge in [-0.05, 0) is 35.7 Å². The number of fused-ring (bicyclic) bond motifs is 1. The first-order valence-electron chi connectivity index (χ1n) is 8.74. The molecule has 2 heterocycles. The van der Waals surface area contributed by atoms with Gasteiger partial charge in [0.25, 0.3) is 0 Å². The van der Waals surface area contributed by atoms with Crippen molar-refractivity contribution in [3.05, 3.63) is 58.6 Å². The molecule has 26 heavy (non-hydrogen) atoms. The number of morpholine rings is 1. The average Bonchev–Trinajstić information content (AvgIpc) is 3.08. The zero-order chi connectivity index (χ0) is 18.1. The maximum absolute atomic E-state index is 13.0. The van der Waals surface area contributed by atoms with Crippen LogP contribution in [0.1, 0.15) is 11.1 Å². The van der Waals surface area contributed by atoms with Crippen molar-refractivity contribution in [1.82, 2.24) is 0 Å². The fourth-order valence-electron chi connectivity index (χ4n) is 3.54. The van der Waals surface area contributed by atoms with Gasteiger partial charge in [-0.25, -0.2) is 8.42 Å². The predicted octanol–water partition coefficient (Wildman–Crippen LogP) is 3.07. The first-order valence-corrected chi connectivity index (χ1v) is 10.7. The summed E-state index contributed by atoms with van der Waals surface area (Å²) in [5, 5.41) is 0.484. The van der Waals surface area contributed by atoms with E-state index in [0.717, 1.165) is 36.4 Å². The minimum Gasteiger partial charge on any atom is -0.378 e. The number of benzene rings is 2. The van der Waals surface area contributed by atoms with Crippen LogP contribution in [0.5, 0.6) is 0 Å². The summed E-state index contributed by atoms with van der Waals surface area (Å²) in [6, 6.07) is 13.2. The van der Waals surface area contributed by atoms with Crippen LogP contribution in [-0.4, -0.2) is 41.3 Å². The van der Waals surface area contributed by atoms with Crippen LogP contribution < -0.4 is 9.21 Å². The second-order valence-corrected chi connectivity index (χ2v) is 8.88. The normalized spacial score (nSPS) is 17.4. The number of nitrogens with zero attached hydrogens (tertiary/aromatic N) is 2. The molecule has 138 valence electrons. The van der Waals surface area contributed by atoms with Gasteiger partial charge >= 0.3 is 0 Å². The third-order valence-electron chi connectivity index (χ3n) is 4.93. The maximum Gasteiger partial charge on any atom is 0.239 e. The molecule has 0 bridgehead atoms. The van der Waals surface area contributed by atoms with Gasteiger partial charge in [-0.2, -0.15) is 0 Å². The smallest absolute Gasteiger partial charge is 0.239 e. The quantitative estimate of drug-likeness (QED) is 0.802. The van der Waals surface area contributed by atoms with E-state index in [1.165, 1.54) is 4.31 Å². The van der Waals surface area contributed by atoms with Crippen molar-refractivity contribution >= 4 is 33.0 Å². The molecule has 0 unspecified atom stereocenters. The molecule has 0 atom stereocenters. The zero-order valence-corrected chi connectivity index (χ0v) is 16.0. The fraction of sp³-hybridized carbons (Fsp3) is 0.368. The lowest BCUT2D eigenvalue weighted by Gasteiger charge is -2.30. The van der Waals surface area contributed by atoms with Crippen molar-refractivity contribution < 1.29 is 13.2 Å². The van der Waals surface area contributed by atoms with Crippen LogP contribution in [0.3, 0.4) is 0 Å². The molecule has 2 aliphatic heterocycles. The molecule has 0 radical (unpaired) electrons. The van der Waals surface area contributed by atoms with Crippen LogP contribution in [0.2, 0.25) is 5.02 Å². The Morgan fingerprint density at radius 2 is 1.81 bits per heavy atom. The lowest BCUT2D eigenvalue weighted by Crippen LogP contribution is -2.36. The standard InChI is InChI=1S/C19H21ClN2O3S/c20-18-4-2-1-3-16(18)14-26(23,24)22-8-7-15-5-6-17(13-19(15)22)21-9-11-25-12-10-21/h1-6,13H,7-12,14H2. The van der Waals surface area contributed by atoms with Crippen LogP contribution in [0.4, 0.5) is 11.4 Å². The highest BCUT2D eigenvalue weighted by atomic mass is 35.5. The molecular weight excluding hydrogens is 372 g/mol. The molecule has 1 fully saturated rings. The Morgan fingerprint density at radius 3 is 2.58 bits per heavy atom. The Morgan fingerprint density at radius 1 is 1.04 bits per heavy atom. The first kappa shape index (κ1) is 17.6. The molecule has 7 heteroatoms. The van der Waals surface area contributed by atoms with E-state index in [1.807, 2.05) is 18.2 Å². The van der Waals surface area contributed by atoms with Crippen LogP contribution in [-0.2, 0) is 26.9 Å². The molecule has 5 nitrogen and oxygen atoms in total. The highest BCUT2D eigenvalue weighted by Gasteiger charge is 2.30. The van der Waals surface area contributed by atoms with Gasteiger partial charge in [-0.1, -0.05) is 35.9 Å². The molecule has 0 amide bonds. The number of halogens is 1. The summed E-state index contributed by atoms with van der Waals surface area (Å²) in [5.74, 6) is -0.0894. The summed E-state index contributed by atoms with van der Waals surface area (Å²) in [6.45, 7) is 3.53. The molecule has 0 saturated carbocycles. The van der Waals surface area contributed by atoms with Crippen molar-refractivity contribution in [1.29, 1.82) is 0 Å². The molecule has 0 N–H and O–H groups in total. The van der Waals surface area contributed by atoms with Gasteiger partial charge in [0.2, 0.25) is 10.0 Å². The van der Waals surface area contributed by atoms with E-state index in [2.05, 4.69) is 11.0 Å². The van der Waals surface area contributed by atoms with Gasteiger partial charge in [0.1, 0.15) is 0 Å². The highest BCUT2D eigenvalue weighted by molar-refractivity contribution is 7.92. The van der Waals surface area contributed by atoms with Gasteiger partial charge in [-0.15, -0.1) is 0 Å². The Kier molecular flexibility index (Phi) is 4.82. The number of anilines is 2. The number of sulfonamides is 1. The summed E-state index contributed by atoms with van der Waals surface area (Å²) in [4.78, 5) is 2.24. The zero-order valence-electron chi connectivity index (χ0n) is 14.4. The monoisotopic (exact) mass is 392 g/mol. The van der Waals surface area contributed by atoms with Crippen LogP contribution in [0.15, 0.2) is 42.5 Å². The summed E-state index contributed by atoms with van der Waals surface area (Å²) < 4.78 is 33.0. The minimum atomic E-state index is -3.49. The molecule has 2 aliphatic rings. The summed E-state index contributed by atoms with van der Waals surface area (Å²) in [7, 11) is -3.49. The molecule has 0 aromatic heterocycles. The number of hydrogen-bond donors (Lipinski definition) is 0. The second kappa shape index (κ2) is 7.10. The number of rotatable bonds is 4. The van der Waals surface area contributed by atoms with Gasteiger partial charge in [0, 0.05) is 30.3 Å². The van der Waals surface area contributed by atoms with Crippen LogP contribution in [0.25, 0.3) is 0 Å². The largest absolute Gasteiger partial charge is 0.378 e. The van der Waals surface area contributed by atoms with Crippen molar-refractivity contribution in [3.8, 4) is 0 Å². The molecule has 0 aliphatic carbocycles. The van der Waals surface area contributed by atoms with E-state index in [1.54, 1.807) is 18.2 Å².